The van der Waals surface area contributed by atoms with Gasteiger partial charge in [-0.2, -0.15) is 0 Å². The van der Waals surface area contributed by atoms with Gasteiger partial charge in [0.15, 0.2) is 7.91 Å². The molecule has 0 atom stereocenters. The molecule has 0 aliphatic heterocycles. The van der Waals surface area contributed by atoms with Crippen molar-refractivity contribution in [1.82, 2.24) is 9.13 Å². The standard InChI is InChI=1S/C26H20N2S4/c29-25-27(23(17-31-25)21-10-3-1-4-11-21)15-19-8-7-9-20(14-19)16-28-24(18-32-26(28)30)22-12-5-2-6-13-22/h1-14,17-18H,15-16H2. The molecule has 0 fully saturated rings. The van der Waals surface area contributed by atoms with Crippen LogP contribution in [0.3, 0.4) is 0 Å². The van der Waals surface area contributed by atoms with Crippen LogP contribution in [0.15, 0.2) is 95.7 Å². The molecule has 2 aromatic heterocycles. The summed E-state index contributed by atoms with van der Waals surface area (Å²) in [6.45, 7) is 1.50. The van der Waals surface area contributed by atoms with E-state index in [1.54, 1.807) is 22.7 Å². The fraction of sp³-hybridized carbons (Fsp3) is 0.0769. The zero-order chi connectivity index (χ0) is 21.9. The number of hydrogen-bond acceptors (Lipinski definition) is 4. The lowest BCUT2D eigenvalue weighted by molar-refractivity contribution is 0.788. The van der Waals surface area contributed by atoms with Crippen molar-refractivity contribution in [3.63, 3.8) is 0 Å². The maximum absolute atomic E-state index is 5.65. The highest BCUT2D eigenvalue weighted by Gasteiger charge is 2.10. The van der Waals surface area contributed by atoms with Crippen molar-refractivity contribution in [2.45, 2.75) is 13.1 Å². The average molecular weight is 489 g/mol. The van der Waals surface area contributed by atoms with Crippen LogP contribution in [0.2, 0.25) is 0 Å². The average Bonchev–Trinajstić information content (AvgIpc) is 3.38. The molecule has 0 bridgehead atoms. The van der Waals surface area contributed by atoms with Gasteiger partial charge in [-0.1, -0.05) is 84.9 Å². The smallest absolute Gasteiger partial charge is 0.161 e. The topological polar surface area (TPSA) is 9.86 Å². The molecule has 0 aliphatic carbocycles. The molecular formula is C26H20N2S4. The molecular weight excluding hydrogens is 469 g/mol. The molecule has 32 heavy (non-hydrogen) atoms. The Morgan fingerprint density at radius 1 is 0.562 bits per heavy atom. The van der Waals surface area contributed by atoms with Gasteiger partial charge in [-0.3, -0.25) is 0 Å². The molecule has 158 valence electrons. The zero-order valence-corrected chi connectivity index (χ0v) is 20.4. The number of nitrogens with zero attached hydrogens (tertiary/aromatic N) is 2. The van der Waals surface area contributed by atoms with Gasteiger partial charge in [-0.05, 0) is 46.7 Å². The first-order chi connectivity index (χ1) is 15.7. The first-order valence-electron chi connectivity index (χ1n) is 10.2. The molecule has 5 aromatic rings. The molecule has 0 amide bonds. The highest BCUT2D eigenvalue weighted by molar-refractivity contribution is 7.73. The first-order valence-corrected chi connectivity index (χ1v) is 12.8. The molecule has 2 heterocycles. The summed E-state index contributed by atoms with van der Waals surface area (Å²) in [5, 5.41) is 4.30. The van der Waals surface area contributed by atoms with E-state index in [4.69, 9.17) is 24.4 Å². The van der Waals surface area contributed by atoms with E-state index in [2.05, 4.69) is 92.7 Å². The first kappa shape index (κ1) is 21.2. The van der Waals surface area contributed by atoms with Crippen LogP contribution in [0.5, 0.6) is 0 Å². The van der Waals surface area contributed by atoms with Crippen LogP contribution < -0.4 is 0 Å². The molecule has 2 nitrogen and oxygen atoms in total. The predicted molar refractivity (Wildman–Crippen MR) is 142 cm³/mol. The normalized spacial score (nSPS) is 11.0. The lowest BCUT2D eigenvalue weighted by Crippen LogP contribution is -2.05. The van der Waals surface area contributed by atoms with Crippen LogP contribution in [-0.2, 0) is 13.1 Å². The fourth-order valence-corrected chi connectivity index (χ4v) is 5.97. The van der Waals surface area contributed by atoms with E-state index >= 15 is 0 Å². The minimum Gasteiger partial charge on any atom is -0.318 e. The maximum atomic E-state index is 5.65. The Kier molecular flexibility index (Phi) is 6.28. The van der Waals surface area contributed by atoms with Gasteiger partial charge in [0, 0.05) is 23.8 Å². The second kappa shape index (κ2) is 9.46. The summed E-state index contributed by atoms with van der Waals surface area (Å²) in [6.07, 6.45) is 0. The van der Waals surface area contributed by atoms with Crippen LogP contribution in [0, 0.1) is 7.91 Å². The summed E-state index contributed by atoms with van der Waals surface area (Å²) >= 11 is 14.5. The minimum atomic E-state index is 0.751. The SMILES string of the molecule is S=c1scc(-c2ccccc2)n1Cc1cccc(Cn2c(-c3ccccc3)csc2=S)c1. The van der Waals surface area contributed by atoms with Crippen LogP contribution in [-0.4, -0.2) is 9.13 Å². The monoisotopic (exact) mass is 488 g/mol. The molecule has 3 aromatic carbocycles. The van der Waals surface area contributed by atoms with E-state index in [0.29, 0.717) is 0 Å². The molecule has 5 rings (SSSR count). The molecule has 0 spiro atoms. The number of aromatic nitrogens is 2. The fourth-order valence-electron chi connectivity index (χ4n) is 3.82. The summed E-state index contributed by atoms with van der Waals surface area (Å²) in [6, 6.07) is 29.6. The zero-order valence-electron chi connectivity index (χ0n) is 17.2. The number of thiazole rings is 2. The van der Waals surface area contributed by atoms with E-state index in [1.807, 2.05) is 12.1 Å². The second-order valence-electron chi connectivity index (χ2n) is 7.50. The van der Waals surface area contributed by atoms with Gasteiger partial charge in [-0.25, -0.2) is 0 Å². The molecule has 0 N–H and O–H groups in total. The summed E-state index contributed by atoms with van der Waals surface area (Å²) in [5.41, 5.74) is 7.17. The van der Waals surface area contributed by atoms with Crippen molar-refractivity contribution >= 4 is 47.1 Å². The quantitative estimate of drug-likeness (QED) is 0.222. The Morgan fingerprint density at radius 2 is 1.00 bits per heavy atom. The molecule has 6 heteroatoms. The third kappa shape index (κ3) is 4.45. The molecule has 0 saturated heterocycles. The van der Waals surface area contributed by atoms with Crippen LogP contribution >= 0.6 is 47.1 Å². The van der Waals surface area contributed by atoms with Gasteiger partial charge in [0.1, 0.15) is 0 Å². The van der Waals surface area contributed by atoms with Crippen molar-refractivity contribution in [3.8, 4) is 22.5 Å². The van der Waals surface area contributed by atoms with Crippen LogP contribution in [0.1, 0.15) is 11.1 Å². The van der Waals surface area contributed by atoms with Crippen molar-refractivity contribution in [2.24, 2.45) is 0 Å². The molecule has 0 radical (unpaired) electrons. The van der Waals surface area contributed by atoms with Crippen molar-refractivity contribution < 1.29 is 0 Å². The Balaban J connectivity index is 1.45. The summed E-state index contributed by atoms with van der Waals surface area (Å²) in [5.74, 6) is 0. The molecule has 0 saturated carbocycles. The predicted octanol–water partition coefficient (Wildman–Crippen LogP) is 8.30. The summed E-state index contributed by atoms with van der Waals surface area (Å²) in [7, 11) is 0. The Labute approximate surface area is 205 Å². The minimum absolute atomic E-state index is 0.751. The number of rotatable bonds is 6. The van der Waals surface area contributed by atoms with Crippen molar-refractivity contribution in [2.75, 3.05) is 0 Å². The third-order valence-electron chi connectivity index (χ3n) is 5.38. The number of hydrogen-bond donors (Lipinski definition) is 0. The van der Waals surface area contributed by atoms with Gasteiger partial charge in [0.05, 0.1) is 11.4 Å². The number of benzene rings is 3. The maximum Gasteiger partial charge on any atom is 0.161 e. The van der Waals surface area contributed by atoms with Crippen LogP contribution in [0.4, 0.5) is 0 Å². The van der Waals surface area contributed by atoms with E-state index in [1.165, 1.54) is 22.3 Å². The second-order valence-corrected chi connectivity index (χ2v) is 10.5. The Bertz CT molecular complexity index is 1350. The van der Waals surface area contributed by atoms with E-state index in [-0.39, 0.29) is 0 Å². The largest absolute Gasteiger partial charge is 0.318 e. The molecule has 0 unspecified atom stereocenters. The van der Waals surface area contributed by atoms with E-state index in [9.17, 15) is 0 Å². The molecule has 0 aliphatic rings. The Hall–Kier alpha value is -2.64. The lowest BCUT2D eigenvalue weighted by atomic mass is 10.1. The van der Waals surface area contributed by atoms with E-state index in [0.717, 1.165) is 32.4 Å². The third-order valence-corrected chi connectivity index (χ3v) is 7.92. The van der Waals surface area contributed by atoms with Crippen molar-refractivity contribution in [1.29, 1.82) is 0 Å². The van der Waals surface area contributed by atoms with Crippen molar-refractivity contribution in [3.05, 3.63) is 115 Å². The summed E-state index contributed by atoms with van der Waals surface area (Å²) < 4.78 is 6.22. The highest BCUT2D eigenvalue weighted by Crippen LogP contribution is 2.27. The van der Waals surface area contributed by atoms with Gasteiger partial charge in [0.25, 0.3) is 0 Å². The van der Waals surface area contributed by atoms with Gasteiger partial charge >= 0.3 is 0 Å². The highest BCUT2D eigenvalue weighted by atomic mass is 32.2. The van der Waals surface area contributed by atoms with Gasteiger partial charge in [-0.15, -0.1) is 22.7 Å². The lowest BCUT2D eigenvalue weighted by Gasteiger charge is -2.12. The van der Waals surface area contributed by atoms with Gasteiger partial charge < -0.3 is 9.13 Å². The van der Waals surface area contributed by atoms with Gasteiger partial charge in [0.2, 0.25) is 0 Å². The van der Waals surface area contributed by atoms with Crippen LogP contribution in [0.25, 0.3) is 22.5 Å². The van der Waals surface area contributed by atoms with E-state index < -0.39 is 0 Å². The summed E-state index contributed by atoms with van der Waals surface area (Å²) in [4.78, 5) is 0. The Morgan fingerprint density at radius 3 is 1.44 bits per heavy atom.